The standard InChI is InChI=1S/C11H15N5O/c1-8(9-13-7-14-16-9)15-10(17)11(6-12)4-2-3-5-11/h7-8H,2-5H2,1H3,(H,15,17)(H,13,14,16). The summed E-state index contributed by atoms with van der Waals surface area (Å²) >= 11 is 0. The summed E-state index contributed by atoms with van der Waals surface area (Å²) in [6, 6.07) is 1.92. The molecule has 1 aromatic rings. The molecule has 2 N–H and O–H groups in total. The fourth-order valence-corrected chi connectivity index (χ4v) is 2.19. The molecule has 1 fully saturated rings. The van der Waals surface area contributed by atoms with Crippen LogP contribution in [0.5, 0.6) is 0 Å². The van der Waals surface area contributed by atoms with Crippen molar-refractivity contribution in [2.24, 2.45) is 5.41 Å². The van der Waals surface area contributed by atoms with E-state index in [1.165, 1.54) is 6.33 Å². The van der Waals surface area contributed by atoms with E-state index >= 15 is 0 Å². The van der Waals surface area contributed by atoms with Gasteiger partial charge in [-0.15, -0.1) is 0 Å². The van der Waals surface area contributed by atoms with Crippen molar-refractivity contribution in [1.29, 1.82) is 5.26 Å². The van der Waals surface area contributed by atoms with Gasteiger partial charge >= 0.3 is 0 Å². The van der Waals surface area contributed by atoms with Crippen LogP contribution in [0.3, 0.4) is 0 Å². The molecule has 1 saturated carbocycles. The van der Waals surface area contributed by atoms with Gasteiger partial charge in [0.1, 0.15) is 17.6 Å². The molecule has 1 unspecified atom stereocenters. The van der Waals surface area contributed by atoms with Crippen LogP contribution in [0.25, 0.3) is 0 Å². The zero-order chi connectivity index (χ0) is 12.3. The molecule has 2 rings (SSSR count). The molecule has 1 aromatic heterocycles. The monoisotopic (exact) mass is 233 g/mol. The van der Waals surface area contributed by atoms with E-state index in [1.54, 1.807) is 0 Å². The molecule has 1 aliphatic carbocycles. The fraction of sp³-hybridized carbons (Fsp3) is 0.636. The summed E-state index contributed by atoms with van der Waals surface area (Å²) in [5, 5.41) is 18.4. The van der Waals surface area contributed by atoms with Crippen LogP contribution in [0.4, 0.5) is 0 Å². The van der Waals surface area contributed by atoms with E-state index in [2.05, 4.69) is 26.6 Å². The minimum Gasteiger partial charge on any atom is -0.345 e. The number of hydrogen-bond donors (Lipinski definition) is 2. The molecule has 1 amide bonds. The normalized spacial score (nSPS) is 19.5. The van der Waals surface area contributed by atoms with Crippen LogP contribution < -0.4 is 5.32 Å². The van der Waals surface area contributed by atoms with Gasteiger partial charge in [-0.1, -0.05) is 12.8 Å². The number of aromatic nitrogens is 3. The van der Waals surface area contributed by atoms with Crippen molar-refractivity contribution in [3.8, 4) is 6.07 Å². The Kier molecular flexibility index (Phi) is 3.09. The van der Waals surface area contributed by atoms with Crippen molar-refractivity contribution in [3.05, 3.63) is 12.2 Å². The Labute approximate surface area is 99.4 Å². The average Bonchev–Trinajstić information content (AvgIpc) is 3.01. The number of nitriles is 1. The summed E-state index contributed by atoms with van der Waals surface area (Å²) in [7, 11) is 0. The van der Waals surface area contributed by atoms with Crippen LogP contribution in [-0.2, 0) is 4.79 Å². The maximum Gasteiger partial charge on any atom is 0.241 e. The largest absolute Gasteiger partial charge is 0.345 e. The first-order valence-electron chi connectivity index (χ1n) is 5.75. The lowest BCUT2D eigenvalue weighted by atomic mass is 9.87. The third-order valence-electron chi connectivity index (χ3n) is 3.30. The summed E-state index contributed by atoms with van der Waals surface area (Å²) in [6.45, 7) is 1.82. The molecule has 0 aliphatic heterocycles. The lowest BCUT2D eigenvalue weighted by Crippen LogP contribution is -2.39. The molecule has 0 saturated heterocycles. The number of H-pyrrole nitrogens is 1. The number of nitrogens with zero attached hydrogens (tertiary/aromatic N) is 3. The Morgan fingerprint density at radius 2 is 2.35 bits per heavy atom. The van der Waals surface area contributed by atoms with E-state index in [-0.39, 0.29) is 11.9 Å². The van der Waals surface area contributed by atoms with Crippen molar-refractivity contribution in [2.45, 2.75) is 38.6 Å². The number of amides is 1. The Hall–Kier alpha value is -1.90. The smallest absolute Gasteiger partial charge is 0.241 e. The predicted molar refractivity (Wildman–Crippen MR) is 59.5 cm³/mol. The van der Waals surface area contributed by atoms with Crippen LogP contribution in [0, 0.1) is 16.7 Å². The number of aromatic amines is 1. The van der Waals surface area contributed by atoms with Gasteiger partial charge in [0.25, 0.3) is 0 Å². The quantitative estimate of drug-likeness (QED) is 0.816. The highest BCUT2D eigenvalue weighted by Crippen LogP contribution is 2.37. The molecule has 0 radical (unpaired) electrons. The Morgan fingerprint density at radius 3 is 2.88 bits per heavy atom. The van der Waals surface area contributed by atoms with Gasteiger partial charge in [0.2, 0.25) is 5.91 Å². The molecule has 1 heterocycles. The van der Waals surface area contributed by atoms with Crippen molar-refractivity contribution < 1.29 is 4.79 Å². The van der Waals surface area contributed by atoms with Crippen LogP contribution in [0.1, 0.15) is 44.5 Å². The minimum absolute atomic E-state index is 0.193. The van der Waals surface area contributed by atoms with Crippen molar-refractivity contribution in [1.82, 2.24) is 20.5 Å². The van der Waals surface area contributed by atoms with E-state index in [9.17, 15) is 10.1 Å². The average molecular weight is 233 g/mol. The molecule has 6 heteroatoms. The zero-order valence-electron chi connectivity index (χ0n) is 9.73. The maximum absolute atomic E-state index is 12.1. The molecule has 1 atom stereocenters. The summed E-state index contributed by atoms with van der Waals surface area (Å²) in [6.07, 6.45) is 4.58. The van der Waals surface area contributed by atoms with Crippen LogP contribution >= 0.6 is 0 Å². The van der Waals surface area contributed by atoms with Gasteiger partial charge in [-0.25, -0.2) is 4.98 Å². The molecular formula is C11H15N5O. The van der Waals surface area contributed by atoms with Gasteiger partial charge in [-0.05, 0) is 19.8 Å². The van der Waals surface area contributed by atoms with Gasteiger partial charge < -0.3 is 5.32 Å². The van der Waals surface area contributed by atoms with Gasteiger partial charge in [0.15, 0.2) is 0 Å². The number of carbonyl (C=O) groups excluding carboxylic acids is 1. The molecular weight excluding hydrogens is 218 g/mol. The van der Waals surface area contributed by atoms with E-state index in [0.29, 0.717) is 18.7 Å². The molecule has 90 valence electrons. The molecule has 17 heavy (non-hydrogen) atoms. The summed E-state index contributed by atoms with van der Waals surface area (Å²) in [5.41, 5.74) is -0.839. The zero-order valence-corrected chi connectivity index (χ0v) is 9.73. The summed E-state index contributed by atoms with van der Waals surface area (Å²) in [5.74, 6) is 0.408. The number of hydrogen-bond acceptors (Lipinski definition) is 4. The SMILES string of the molecule is CC(NC(=O)C1(C#N)CCCC1)c1ncn[nH]1. The highest BCUT2D eigenvalue weighted by atomic mass is 16.2. The number of rotatable bonds is 3. The van der Waals surface area contributed by atoms with Crippen LogP contribution in [0.2, 0.25) is 0 Å². The predicted octanol–water partition coefficient (Wildman–Crippen LogP) is 1.07. The minimum atomic E-state index is -0.839. The fourth-order valence-electron chi connectivity index (χ4n) is 2.19. The Morgan fingerprint density at radius 1 is 1.65 bits per heavy atom. The Bertz CT molecular complexity index is 427. The highest BCUT2D eigenvalue weighted by Gasteiger charge is 2.42. The third-order valence-corrected chi connectivity index (χ3v) is 3.30. The first-order valence-corrected chi connectivity index (χ1v) is 5.75. The molecule has 0 bridgehead atoms. The van der Waals surface area contributed by atoms with Crippen molar-refractivity contribution in [2.75, 3.05) is 0 Å². The second kappa shape index (κ2) is 4.53. The van der Waals surface area contributed by atoms with Crippen molar-refractivity contribution >= 4 is 5.91 Å². The van der Waals surface area contributed by atoms with E-state index in [0.717, 1.165) is 12.8 Å². The second-order valence-corrected chi connectivity index (χ2v) is 4.47. The van der Waals surface area contributed by atoms with E-state index in [1.807, 2.05) is 6.92 Å². The number of carbonyl (C=O) groups is 1. The van der Waals surface area contributed by atoms with Gasteiger partial charge in [0, 0.05) is 0 Å². The van der Waals surface area contributed by atoms with Gasteiger partial charge in [-0.3, -0.25) is 9.89 Å². The molecule has 0 aromatic carbocycles. The van der Waals surface area contributed by atoms with E-state index in [4.69, 9.17) is 0 Å². The summed E-state index contributed by atoms with van der Waals surface area (Å²) in [4.78, 5) is 16.1. The maximum atomic E-state index is 12.1. The van der Waals surface area contributed by atoms with Gasteiger partial charge in [-0.2, -0.15) is 10.4 Å². The van der Waals surface area contributed by atoms with Crippen LogP contribution in [-0.4, -0.2) is 21.1 Å². The summed E-state index contributed by atoms with van der Waals surface area (Å²) < 4.78 is 0. The lowest BCUT2D eigenvalue weighted by Gasteiger charge is -2.21. The molecule has 6 nitrogen and oxygen atoms in total. The number of nitrogens with one attached hydrogen (secondary N) is 2. The topological polar surface area (TPSA) is 94.5 Å². The van der Waals surface area contributed by atoms with Crippen LogP contribution in [0.15, 0.2) is 6.33 Å². The lowest BCUT2D eigenvalue weighted by molar-refractivity contribution is -0.128. The first-order chi connectivity index (χ1) is 8.18. The second-order valence-electron chi connectivity index (χ2n) is 4.47. The van der Waals surface area contributed by atoms with Crippen molar-refractivity contribution in [3.63, 3.8) is 0 Å². The third kappa shape index (κ3) is 2.13. The Balaban J connectivity index is 2.04. The van der Waals surface area contributed by atoms with E-state index < -0.39 is 5.41 Å². The molecule has 1 aliphatic rings. The first kappa shape index (κ1) is 11.6. The molecule has 0 spiro atoms. The van der Waals surface area contributed by atoms with Gasteiger partial charge in [0.05, 0.1) is 12.1 Å². The highest BCUT2D eigenvalue weighted by molar-refractivity contribution is 5.85.